The maximum absolute atomic E-state index is 13.4. The molecule has 0 saturated heterocycles. The van der Waals surface area contributed by atoms with Crippen LogP contribution in [0.2, 0.25) is 0 Å². The van der Waals surface area contributed by atoms with Gasteiger partial charge in [0.2, 0.25) is 0 Å². The highest BCUT2D eigenvalue weighted by Crippen LogP contribution is 2.81. The van der Waals surface area contributed by atoms with Gasteiger partial charge in [0.25, 0.3) is 0 Å². The molecule has 0 N–H and O–H groups in total. The van der Waals surface area contributed by atoms with Crippen molar-refractivity contribution in [3.05, 3.63) is 34.2 Å². The van der Waals surface area contributed by atoms with Crippen molar-refractivity contribution >= 4 is 29.4 Å². The van der Waals surface area contributed by atoms with E-state index >= 15 is 0 Å². The number of halogens is 4. The van der Waals surface area contributed by atoms with E-state index in [1.807, 2.05) is 19.9 Å². The summed E-state index contributed by atoms with van der Waals surface area (Å²) >= 11 is 3.05. The zero-order valence-corrected chi connectivity index (χ0v) is 12.5. The molecule has 0 bridgehead atoms. The van der Waals surface area contributed by atoms with Crippen molar-refractivity contribution in [1.29, 1.82) is 0 Å². The Hall–Kier alpha value is -0.420. The van der Waals surface area contributed by atoms with Gasteiger partial charge in [0.1, 0.15) is 0 Å². The predicted octanol–water partition coefficient (Wildman–Crippen LogP) is 6.14. The number of aryl methyl sites for hydroxylation is 1. The van der Waals surface area contributed by atoms with E-state index in [4.69, 9.17) is 0 Å². The van der Waals surface area contributed by atoms with Gasteiger partial charge in [-0.05, 0) is 59.2 Å². The topological polar surface area (TPSA) is 0 Å². The largest absolute Gasteiger partial charge is 0.442 e. The maximum Gasteiger partial charge on any atom is 0.442 e. The van der Waals surface area contributed by atoms with Crippen molar-refractivity contribution in [3.63, 3.8) is 0 Å². The number of fused-ring (bicyclic) bond motifs is 1. The Morgan fingerprint density at radius 3 is 2.50 bits per heavy atom. The van der Waals surface area contributed by atoms with Crippen molar-refractivity contribution in [1.82, 2.24) is 0 Å². The minimum atomic E-state index is -4.24. The van der Waals surface area contributed by atoms with Gasteiger partial charge in [0.15, 0.2) is 0 Å². The van der Waals surface area contributed by atoms with Crippen LogP contribution in [0.15, 0.2) is 28.0 Å². The van der Waals surface area contributed by atoms with Crippen LogP contribution in [-0.2, 0) is 0 Å². The number of hydrogen-bond donors (Lipinski definition) is 0. The molecule has 18 heavy (non-hydrogen) atoms. The Morgan fingerprint density at radius 1 is 1.28 bits per heavy atom. The van der Waals surface area contributed by atoms with Crippen LogP contribution in [0.1, 0.15) is 30.9 Å². The van der Waals surface area contributed by atoms with Crippen LogP contribution in [0.3, 0.4) is 0 Å². The first-order valence-corrected chi connectivity index (χ1v) is 9.19. The predicted molar refractivity (Wildman–Crippen MR) is 74.9 cm³/mol. The molecule has 2 rings (SSSR count). The molecular formula is C13H14BrF3S. The maximum atomic E-state index is 13.4. The molecule has 1 aliphatic heterocycles. The van der Waals surface area contributed by atoms with Crippen LogP contribution in [0, 0.1) is 6.92 Å². The summed E-state index contributed by atoms with van der Waals surface area (Å²) in [6, 6.07) is 5.18. The Morgan fingerprint density at radius 2 is 1.94 bits per heavy atom. The molecule has 0 radical (unpaired) electrons. The van der Waals surface area contributed by atoms with Gasteiger partial charge in [-0.2, -0.15) is 13.2 Å². The fourth-order valence-electron chi connectivity index (χ4n) is 2.17. The summed E-state index contributed by atoms with van der Waals surface area (Å²) in [4.78, 5) is 0.877. The van der Waals surface area contributed by atoms with Crippen LogP contribution in [0.5, 0.6) is 0 Å². The highest BCUT2D eigenvalue weighted by atomic mass is 79.9. The van der Waals surface area contributed by atoms with Crippen molar-refractivity contribution in [2.75, 3.05) is 0 Å². The van der Waals surface area contributed by atoms with Crippen LogP contribution in [0.25, 0.3) is 6.08 Å². The summed E-state index contributed by atoms with van der Waals surface area (Å²) in [5.74, 6) is 0. The van der Waals surface area contributed by atoms with Crippen LogP contribution in [-0.4, -0.2) is 5.51 Å². The van der Waals surface area contributed by atoms with Crippen LogP contribution >= 0.6 is 23.3 Å². The lowest BCUT2D eigenvalue weighted by atomic mass is 10.1. The Balaban J connectivity index is 2.61. The van der Waals surface area contributed by atoms with E-state index in [0.717, 1.165) is 12.0 Å². The standard InChI is InChI=1S/C13H14BrF3S/c1-3-4-11-8-10-7-9(2)5-6-12(10)18(11,14)13(15,16)17/h5-8H,3-4H2,1-2H3. The van der Waals surface area contributed by atoms with Crippen LogP contribution < -0.4 is 0 Å². The molecule has 1 aliphatic rings. The van der Waals surface area contributed by atoms with Crippen LogP contribution in [0.4, 0.5) is 13.2 Å². The van der Waals surface area contributed by atoms with Gasteiger partial charge in [-0.3, -0.25) is 0 Å². The van der Waals surface area contributed by atoms with E-state index in [9.17, 15) is 13.2 Å². The van der Waals surface area contributed by atoms with E-state index < -0.39 is 14.0 Å². The molecule has 0 spiro atoms. The molecule has 100 valence electrons. The van der Waals surface area contributed by atoms with Crippen molar-refractivity contribution in [2.24, 2.45) is 0 Å². The van der Waals surface area contributed by atoms with Gasteiger partial charge in [0.05, 0.1) is 0 Å². The van der Waals surface area contributed by atoms with Gasteiger partial charge in [-0.25, -0.2) is 0 Å². The summed E-state index contributed by atoms with van der Waals surface area (Å²) in [5.41, 5.74) is -2.55. The van der Waals surface area contributed by atoms with Crippen molar-refractivity contribution in [3.8, 4) is 0 Å². The molecule has 0 fully saturated rings. The number of alkyl halides is 3. The fourth-order valence-corrected chi connectivity index (χ4v) is 6.12. The summed E-state index contributed by atoms with van der Waals surface area (Å²) in [5, 5.41) is 0. The number of rotatable bonds is 2. The second kappa shape index (κ2) is 4.60. The highest BCUT2D eigenvalue weighted by Gasteiger charge is 2.54. The lowest BCUT2D eigenvalue weighted by molar-refractivity contribution is -0.0355. The summed E-state index contributed by atoms with van der Waals surface area (Å²) in [7, 11) is -3.03. The molecule has 1 heterocycles. The van der Waals surface area contributed by atoms with Crippen molar-refractivity contribution < 1.29 is 13.2 Å². The molecule has 0 saturated carbocycles. The van der Waals surface area contributed by atoms with E-state index in [0.29, 0.717) is 21.8 Å². The molecule has 1 atom stereocenters. The quantitative estimate of drug-likeness (QED) is 0.607. The Kier molecular flexibility index (Phi) is 3.58. The lowest BCUT2D eigenvalue weighted by Gasteiger charge is -2.35. The Bertz CT molecular complexity index is 507. The lowest BCUT2D eigenvalue weighted by Crippen LogP contribution is -2.15. The summed E-state index contributed by atoms with van der Waals surface area (Å²) in [6.45, 7) is 3.79. The van der Waals surface area contributed by atoms with E-state index in [1.165, 1.54) is 0 Å². The molecule has 0 aromatic heterocycles. The highest BCUT2D eigenvalue weighted by molar-refractivity contribution is 9.59. The fraction of sp³-hybridized carbons (Fsp3) is 0.385. The normalized spacial score (nSPS) is 26.4. The average molecular weight is 339 g/mol. The smallest absolute Gasteiger partial charge is 0.160 e. The van der Waals surface area contributed by atoms with E-state index in [1.54, 1.807) is 18.2 Å². The van der Waals surface area contributed by atoms with E-state index in [-0.39, 0.29) is 0 Å². The molecule has 0 nitrogen and oxygen atoms in total. The van der Waals surface area contributed by atoms with Gasteiger partial charge < -0.3 is 0 Å². The first kappa shape index (κ1) is 14.0. The number of allylic oxidation sites excluding steroid dienone is 1. The summed E-state index contributed by atoms with van der Waals surface area (Å²) in [6.07, 6.45) is 2.91. The monoisotopic (exact) mass is 338 g/mol. The molecule has 1 aromatic carbocycles. The van der Waals surface area contributed by atoms with Crippen molar-refractivity contribution in [2.45, 2.75) is 37.1 Å². The first-order chi connectivity index (χ1) is 8.30. The average Bonchev–Trinajstić information content (AvgIpc) is 2.52. The molecule has 0 amide bonds. The second-order valence-electron chi connectivity index (χ2n) is 4.39. The van der Waals surface area contributed by atoms with E-state index in [2.05, 4.69) is 14.8 Å². The molecule has 1 unspecified atom stereocenters. The third-order valence-corrected chi connectivity index (χ3v) is 9.02. The zero-order valence-electron chi connectivity index (χ0n) is 10.1. The molecule has 1 aromatic rings. The minimum absolute atomic E-state index is 0.393. The third kappa shape index (κ3) is 2.01. The number of benzene rings is 1. The molecular weight excluding hydrogens is 325 g/mol. The summed E-state index contributed by atoms with van der Waals surface area (Å²) < 4.78 is 40.3. The number of hydrogen-bond acceptors (Lipinski definition) is 0. The van der Waals surface area contributed by atoms with Gasteiger partial charge in [-0.1, -0.05) is 31.0 Å². The van der Waals surface area contributed by atoms with Gasteiger partial charge in [-0.15, -0.1) is 0 Å². The molecule has 5 heteroatoms. The van der Waals surface area contributed by atoms with Gasteiger partial charge >= 0.3 is 5.51 Å². The third-order valence-electron chi connectivity index (χ3n) is 2.96. The second-order valence-corrected chi connectivity index (χ2v) is 9.80. The SMILES string of the molecule is CCCC1=Cc2cc(C)ccc2S1(Br)C(F)(F)F. The first-order valence-electron chi connectivity index (χ1n) is 5.71. The van der Waals surface area contributed by atoms with Gasteiger partial charge in [0, 0.05) is 4.90 Å². The molecule has 0 aliphatic carbocycles. The minimum Gasteiger partial charge on any atom is -0.160 e. The zero-order chi connectivity index (χ0) is 13.6. The Labute approximate surface area is 114 Å².